The molecule has 0 aliphatic rings. The standard InChI is InChI=1S/C10H10N2O2/c1-6-4-3-5-7-8(6)9(10(13)14)11-12(7)2/h3-5H,1-2H3,(H,13,14). The van der Waals surface area contributed by atoms with Crippen LogP contribution in [0, 0.1) is 6.92 Å². The van der Waals surface area contributed by atoms with E-state index in [0.717, 1.165) is 16.5 Å². The van der Waals surface area contributed by atoms with Gasteiger partial charge in [0.05, 0.1) is 5.52 Å². The first kappa shape index (κ1) is 8.74. The Labute approximate surface area is 80.8 Å². The fourth-order valence-electron chi connectivity index (χ4n) is 1.63. The predicted molar refractivity (Wildman–Crippen MR) is 52.4 cm³/mol. The molecule has 4 heteroatoms. The van der Waals surface area contributed by atoms with Gasteiger partial charge < -0.3 is 5.11 Å². The Hall–Kier alpha value is -1.84. The van der Waals surface area contributed by atoms with E-state index >= 15 is 0 Å². The third-order valence-electron chi connectivity index (χ3n) is 2.29. The van der Waals surface area contributed by atoms with E-state index in [1.54, 1.807) is 11.7 Å². The van der Waals surface area contributed by atoms with Gasteiger partial charge in [0.15, 0.2) is 5.69 Å². The van der Waals surface area contributed by atoms with Crippen LogP contribution in [0.25, 0.3) is 10.9 Å². The molecule has 0 unspecified atom stereocenters. The van der Waals surface area contributed by atoms with Crippen molar-refractivity contribution in [3.8, 4) is 0 Å². The molecule has 2 aromatic rings. The molecule has 0 aliphatic heterocycles. The molecule has 0 atom stereocenters. The Balaban J connectivity index is 2.93. The Kier molecular flexibility index (Phi) is 1.77. The summed E-state index contributed by atoms with van der Waals surface area (Å²) in [5.41, 5.74) is 1.91. The van der Waals surface area contributed by atoms with Crippen LogP contribution in [0.2, 0.25) is 0 Å². The molecule has 0 spiro atoms. The lowest BCUT2D eigenvalue weighted by Gasteiger charge is -1.96. The number of aryl methyl sites for hydroxylation is 2. The molecule has 14 heavy (non-hydrogen) atoms. The van der Waals surface area contributed by atoms with Crippen LogP contribution in [-0.4, -0.2) is 20.9 Å². The topological polar surface area (TPSA) is 55.1 Å². The number of hydrogen-bond donors (Lipinski definition) is 1. The minimum absolute atomic E-state index is 0.126. The number of carboxylic acid groups (broad SMARTS) is 1. The maximum absolute atomic E-state index is 10.9. The normalized spacial score (nSPS) is 10.7. The average Bonchev–Trinajstić information content (AvgIpc) is 2.46. The smallest absolute Gasteiger partial charge is 0.357 e. The second-order valence-electron chi connectivity index (χ2n) is 3.25. The van der Waals surface area contributed by atoms with Gasteiger partial charge in [-0.15, -0.1) is 0 Å². The number of benzene rings is 1. The number of fused-ring (bicyclic) bond motifs is 1. The Morgan fingerprint density at radius 2 is 2.21 bits per heavy atom. The van der Waals surface area contributed by atoms with Crippen molar-refractivity contribution in [1.82, 2.24) is 9.78 Å². The lowest BCUT2D eigenvalue weighted by molar-refractivity contribution is 0.0691. The van der Waals surface area contributed by atoms with E-state index in [0.29, 0.717) is 0 Å². The molecular formula is C10H10N2O2. The summed E-state index contributed by atoms with van der Waals surface area (Å²) in [6, 6.07) is 5.64. The minimum Gasteiger partial charge on any atom is -0.476 e. The molecule has 1 N–H and O–H groups in total. The zero-order valence-corrected chi connectivity index (χ0v) is 7.98. The van der Waals surface area contributed by atoms with Crippen molar-refractivity contribution in [2.75, 3.05) is 0 Å². The van der Waals surface area contributed by atoms with E-state index in [-0.39, 0.29) is 5.69 Å². The third kappa shape index (κ3) is 1.08. The predicted octanol–water partition coefficient (Wildman–Crippen LogP) is 1.58. The number of carboxylic acids is 1. The van der Waals surface area contributed by atoms with Gasteiger partial charge >= 0.3 is 5.97 Å². The lowest BCUT2D eigenvalue weighted by atomic mass is 10.1. The van der Waals surface area contributed by atoms with Crippen LogP contribution in [0.3, 0.4) is 0 Å². The molecule has 1 aromatic carbocycles. The molecule has 0 saturated carbocycles. The van der Waals surface area contributed by atoms with Crippen LogP contribution in [0.1, 0.15) is 16.1 Å². The zero-order chi connectivity index (χ0) is 10.3. The maximum Gasteiger partial charge on any atom is 0.357 e. The first-order chi connectivity index (χ1) is 6.61. The number of aromatic nitrogens is 2. The third-order valence-corrected chi connectivity index (χ3v) is 2.29. The highest BCUT2D eigenvalue weighted by atomic mass is 16.4. The average molecular weight is 190 g/mol. The van der Waals surface area contributed by atoms with Gasteiger partial charge in [-0.2, -0.15) is 5.10 Å². The Morgan fingerprint density at radius 3 is 2.86 bits per heavy atom. The van der Waals surface area contributed by atoms with Crippen LogP contribution in [-0.2, 0) is 7.05 Å². The van der Waals surface area contributed by atoms with Gasteiger partial charge in [0, 0.05) is 12.4 Å². The number of hydrogen-bond acceptors (Lipinski definition) is 2. The number of rotatable bonds is 1. The quantitative estimate of drug-likeness (QED) is 0.742. The molecule has 0 saturated heterocycles. The largest absolute Gasteiger partial charge is 0.476 e. The zero-order valence-electron chi connectivity index (χ0n) is 7.98. The molecule has 2 rings (SSSR count). The van der Waals surface area contributed by atoms with Crippen LogP contribution in [0.15, 0.2) is 18.2 Å². The van der Waals surface area contributed by atoms with Gasteiger partial charge in [-0.1, -0.05) is 12.1 Å². The highest BCUT2D eigenvalue weighted by Gasteiger charge is 2.15. The number of nitrogens with zero attached hydrogens (tertiary/aromatic N) is 2. The van der Waals surface area contributed by atoms with Crippen LogP contribution >= 0.6 is 0 Å². The molecule has 0 bridgehead atoms. The maximum atomic E-state index is 10.9. The summed E-state index contributed by atoms with van der Waals surface area (Å²) in [5, 5.41) is 13.6. The Bertz CT molecular complexity index is 514. The van der Waals surface area contributed by atoms with Crippen molar-refractivity contribution in [2.45, 2.75) is 6.92 Å². The summed E-state index contributed by atoms with van der Waals surface area (Å²) in [7, 11) is 1.74. The van der Waals surface area contributed by atoms with Gasteiger partial charge in [0.25, 0.3) is 0 Å². The summed E-state index contributed by atoms with van der Waals surface area (Å²) < 4.78 is 1.59. The van der Waals surface area contributed by atoms with Crippen molar-refractivity contribution in [1.29, 1.82) is 0 Å². The van der Waals surface area contributed by atoms with Crippen molar-refractivity contribution in [3.63, 3.8) is 0 Å². The molecule has 0 amide bonds. The fraction of sp³-hybridized carbons (Fsp3) is 0.200. The molecule has 0 fully saturated rings. The van der Waals surface area contributed by atoms with E-state index < -0.39 is 5.97 Å². The summed E-state index contributed by atoms with van der Waals surface area (Å²) in [6.07, 6.45) is 0. The monoisotopic (exact) mass is 190 g/mol. The molecule has 1 aromatic heterocycles. The summed E-state index contributed by atoms with van der Waals surface area (Å²) in [5.74, 6) is -0.982. The second kappa shape index (κ2) is 2.83. The van der Waals surface area contributed by atoms with Crippen molar-refractivity contribution in [2.24, 2.45) is 7.05 Å². The molecular weight excluding hydrogens is 180 g/mol. The highest BCUT2D eigenvalue weighted by Crippen LogP contribution is 2.21. The van der Waals surface area contributed by atoms with Gasteiger partial charge in [-0.3, -0.25) is 4.68 Å². The molecule has 72 valence electrons. The van der Waals surface area contributed by atoms with E-state index in [1.807, 2.05) is 25.1 Å². The van der Waals surface area contributed by atoms with Crippen molar-refractivity contribution < 1.29 is 9.90 Å². The fourth-order valence-corrected chi connectivity index (χ4v) is 1.63. The SMILES string of the molecule is Cc1cccc2c1c(C(=O)O)nn2C. The van der Waals surface area contributed by atoms with Crippen molar-refractivity contribution >= 4 is 16.9 Å². The number of aromatic carboxylic acids is 1. The molecule has 0 aliphatic carbocycles. The first-order valence-corrected chi connectivity index (χ1v) is 4.27. The van der Waals surface area contributed by atoms with E-state index in [2.05, 4.69) is 5.10 Å². The molecule has 4 nitrogen and oxygen atoms in total. The van der Waals surface area contributed by atoms with E-state index in [1.165, 1.54) is 0 Å². The van der Waals surface area contributed by atoms with Gasteiger partial charge in [0.1, 0.15) is 0 Å². The Morgan fingerprint density at radius 1 is 1.50 bits per heavy atom. The highest BCUT2D eigenvalue weighted by molar-refractivity contribution is 6.02. The van der Waals surface area contributed by atoms with Gasteiger partial charge in [0.2, 0.25) is 0 Å². The first-order valence-electron chi connectivity index (χ1n) is 4.27. The van der Waals surface area contributed by atoms with Gasteiger partial charge in [-0.05, 0) is 18.6 Å². The summed E-state index contributed by atoms with van der Waals surface area (Å²) in [4.78, 5) is 10.9. The molecule has 1 heterocycles. The van der Waals surface area contributed by atoms with E-state index in [9.17, 15) is 4.79 Å². The van der Waals surface area contributed by atoms with Gasteiger partial charge in [-0.25, -0.2) is 4.79 Å². The number of carbonyl (C=O) groups is 1. The van der Waals surface area contributed by atoms with Crippen LogP contribution < -0.4 is 0 Å². The minimum atomic E-state index is -0.982. The van der Waals surface area contributed by atoms with Crippen LogP contribution in [0.5, 0.6) is 0 Å². The lowest BCUT2D eigenvalue weighted by Crippen LogP contribution is -1.99. The molecule has 0 radical (unpaired) electrons. The summed E-state index contributed by atoms with van der Waals surface area (Å²) >= 11 is 0. The summed E-state index contributed by atoms with van der Waals surface area (Å²) in [6.45, 7) is 1.89. The van der Waals surface area contributed by atoms with Crippen molar-refractivity contribution in [3.05, 3.63) is 29.5 Å². The van der Waals surface area contributed by atoms with Crippen LogP contribution in [0.4, 0.5) is 0 Å². The van der Waals surface area contributed by atoms with E-state index in [4.69, 9.17) is 5.11 Å². The second-order valence-corrected chi connectivity index (χ2v) is 3.25.